The monoisotopic (exact) mass is 310 g/mol. The molecule has 1 aromatic rings. The Labute approximate surface area is 132 Å². The van der Waals surface area contributed by atoms with Crippen molar-refractivity contribution in [3.8, 4) is 0 Å². The van der Waals surface area contributed by atoms with Gasteiger partial charge in [0.15, 0.2) is 12.1 Å². The molecule has 5 nitrogen and oxygen atoms in total. The minimum Gasteiger partial charge on any atom is -0.370 e. The predicted molar refractivity (Wildman–Crippen MR) is 83.5 cm³/mol. The molecule has 0 N–H and O–H groups in total. The third-order valence-corrected chi connectivity index (χ3v) is 3.50. The highest BCUT2D eigenvalue weighted by Gasteiger charge is 2.28. The maximum Gasteiger partial charge on any atom is 0.161 e. The zero-order valence-electron chi connectivity index (χ0n) is 13.8. The lowest BCUT2D eigenvalue weighted by Gasteiger charge is -2.19. The molecule has 0 aliphatic carbocycles. The normalized spacial score (nSPS) is 21.1. The van der Waals surface area contributed by atoms with Gasteiger partial charge in [0.25, 0.3) is 0 Å². The molecule has 1 heterocycles. The number of hydrogen-bond acceptors (Lipinski definition) is 5. The first-order chi connectivity index (χ1) is 10.5. The number of benzene rings is 1. The lowest BCUT2D eigenvalue weighted by atomic mass is 10.2. The van der Waals surface area contributed by atoms with Gasteiger partial charge >= 0.3 is 0 Å². The fourth-order valence-electron chi connectivity index (χ4n) is 1.76. The third-order valence-electron chi connectivity index (χ3n) is 3.50. The van der Waals surface area contributed by atoms with Crippen LogP contribution >= 0.6 is 0 Å². The number of carbonyl (C=O) groups excluding carboxylic acids is 1. The molecule has 0 saturated carbocycles. The van der Waals surface area contributed by atoms with Crippen LogP contribution in [0.2, 0.25) is 0 Å². The summed E-state index contributed by atoms with van der Waals surface area (Å²) in [6.45, 7) is 4.86. The second kappa shape index (κ2) is 9.69. The zero-order valence-corrected chi connectivity index (χ0v) is 13.8. The van der Waals surface area contributed by atoms with Crippen molar-refractivity contribution in [1.29, 1.82) is 0 Å². The molecule has 0 bridgehead atoms. The highest BCUT2D eigenvalue weighted by atomic mass is 16.7. The van der Waals surface area contributed by atoms with Crippen LogP contribution in [0.3, 0.4) is 0 Å². The highest BCUT2D eigenvalue weighted by molar-refractivity contribution is 5.57. The molecule has 1 saturated heterocycles. The van der Waals surface area contributed by atoms with E-state index in [0.29, 0.717) is 13.2 Å². The van der Waals surface area contributed by atoms with Crippen molar-refractivity contribution < 1.29 is 23.7 Å². The SMILES string of the molecule is COC(C)(C)OC.O=CC1OCCC1OCc1ccccc1. The molecular formula is C17H26O5. The number of hydrogen-bond donors (Lipinski definition) is 0. The Hall–Kier alpha value is -1.27. The van der Waals surface area contributed by atoms with E-state index in [9.17, 15) is 4.79 Å². The lowest BCUT2D eigenvalue weighted by Crippen LogP contribution is -2.25. The van der Waals surface area contributed by atoms with Crippen LogP contribution in [0.25, 0.3) is 0 Å². The van der Waals surface area contributed by atoms with Gasteiger partial charge in [-0.05, 0) is 25.8 Å². The first-order valence-corrected chi connectivity index (χ1v) is 7.35. The molecule has 124 valence electrons. The summed E-state index contributed by atoms with van der Waals surface area (Å²) in [5, 5.41) is 0. The van der Waals surface area contributed by atoms with Crippen LogP contribution in [0.1, 0.15) is 25.8 Å². The van der Waals surface area contributed by atoms with Gasteiger partial charge in [-0.1, -0.05) is 30.3 Å². The second-order valence-electron chi connectivity index (χ2n) is 5.40. The Morgan fingerprint density at radius 1 is 1.23 bits per heavy atom. The number of carbonyl (C=O) groups is 1. The summed E-state index contributed by atoms with van der Waals surface area (Å²) in [5.41, 5.74) is 1.12. The second-order valence-corrected chi connectivity index (χ2v) is 5.40. The van der Waals surface area contributed by atoms with Gasteiger partial charge in [-0.2, -0.15) is 0 Å². The van der Waals surface area contributed by atoms with Gasteiger partial charge in [0.2, 0.25) is 0 Å². The fraction of sp³-hybridized carbons (Fsp3) is 0.588. The van der Waals surface area contributed by atoms with E-state index < -0.39 is 5.79 Å². The Balaban J connectivity index is 0.000000295. The molecule has 1 aliphatic rings. The predicted octanol–water partition coefficient (Wildman–Crippen LogP) is 2.57. The van der Waals surface area contributed by atoms with Gasteiger partial charge in [-0.15, -0.1) is 0 Å². The van der Waals surface area contributed by atoms with Crippen LogP contribution in [0.5, 0.6) is 0 Å². The summed E-state index contributed by atoms with van der Waals surface area (Å²) in [6.07, 6.45) is 1.16. The van der Waals surface area contributed by atoms with Gasteiger partial charge in [0.05, 0.1) is 19.3 Å². The van der Waals surface area contributed by atoms with Crippen molar-refractivity contribution >= 4 is 6.29 Å². The Kier molecular flexibility index (Phi) is 8.27. The van der Waals surface area contributed by atoms with Crippen LogP contribution in [0, 0.1) is 0 Å². The molecule has 5 heteroatoms. The summed E-state index contributed by atoms with van der Waals surface area (Å²) in [6, 6.07) is 9.93. The molecule has 0 radical (unpaired) electrons. The van der Waals surface area contributed by atoms with E-state index in [2.05, 4.69) is 0 Å². The van der Waals surface area contributed by atoms with Gasteiger partial charge in [-0.3, -0.25) is 0 Å². The molecule has 22 heavy (non-hydrogen) atoms. The summed E-state index contributed by atoms with van der Waals surface area (Å²) in [7, 11) is 3.23. The average Bonchev–Trinajstić information content (AvgIpc) is 3.02. The van der Waals surface area contributed by atoms with E-state index in [1.807, 2.05) is 44.2 Å². The summed E-state index contributed by atoms with van der Waals surface area (Å²) in [4.78, 5) is 10.6. The van der Waals surface area contributed by atoms with Crippen LogP contribution in [-0.2, 0) is 30.3 Å². The standard InChI is InChI=1S/C12H14O3.C5H12O2/c13-8-12-11(6-7-14-12)15-9-10-4-2-1-3-5-10;1-5(2,6-3)7-4/h1-5,8,11-12H,6-7,9H2;1-4H3. The van der Waals surface area contributed by atoms with Gasteiger partial charge in [0, 0.05) is 14.2 Å². The highest BCUT2D eigenvalue weighted by Crippen LogP contribution is 2.17. The Bertz CT molecular complexity index is 412. The van der Waals surface area contributed by atoms with Crippen molar-refractivity contribution in [3.05, 3.63) is 35.9 Å². The molecule has 0 amide bonds. The minimum absolute atomic E-state index is 0.0808. The molecular weight excluding hydrogens is 284 g/mol. The summed E-state index contributed by atoms with van der Waals surface area (Å²) in [5.74, 6) is -0.417. The smallest absolute Gasteiger partial charge is 0.161 e. The molecule has 0 aromatic heterocycles. The molecule has 2 rings (SSSR count). The maximum atomic E-state index is 10.6. The third kappa shape index (κ3) is 6.66. The largest absolute Gasteiger partial charge is 0.370 e. The minimum atomic E-state index is -0.417. The first-order valence-electron chi connectivity index (χ1n) is 7.35. The van der Waals surface area contributed by atoms with E-state index in [-0.39, 0.29) is 12.2 Å². The number of ether oxygens (including phenoxy) is 4. The van der Waals surface area contributed by atoms with E-state index in [0.717, 1.165) is 18.3 Å². The van der Waals surface area contributed by atoms with Gasteiger partial charge in [-0.25, -0.2) is 0 Å². The van der Waals surface area contributed by atoms with Crippen molar-refractivity contribution in [2.75, 3.05) is 20.8 Å². The molecule has 2 atom stereocenters. The molecule has 1 aromatic carbocycles. The summed E-state index contributed by atoms with van der Waals surface area (Å²) >= 11 is 0. The van der Waals surface area contributed by atoms with Crippen molar-refractivity contribution in [3.63, 3.8) is 0 Å². The molecule has 0 spiro atoms. The van der Waals surface area contributed by atoms with Crippen LogP contribution < -0.4 is 0 Å². The van der Waals surface area contributed by atoms with Crippen LogP contribution in [0.4, 0.5) is 0 Å². The topological polar surface area (TPSA) is 54.0 Å². The fourth-order valence-corrected chi connectivity index (χ4v) is 1.76. The number of rotatable bonds is 6. The number of methoxy groups -OCH3 is 2. The molecule has 1 aliphatic heterocycles. The zero-order chi connectivity index (χ0) is 16.4. The summed E-state index contributed by atoms with van der Waals surface area (Å²) < 4.78 is 20.6. The Morgan fingerprint density at radius 2 is 1.86 bits per heavy atom. The van der Waals surface area contributed by atoms with Crippen LogP contribution in [0.15, 0.2) is 30.3 Å². The lowest BCUT2D eigenvalue weighted by molar-refractivity contribution is -0.178. The molecule has 2 unspecified atom stereocenters. The van der Waals surface area contributed by atoms with E-state index in [1.165, 1.54) is 0 Å². The van der Waals surface area contributed by atoms with E-state index >= 15 is 0 Å². The van der Waals surface area contributed by atoms with Crippen LogP contribution in [-0.4, -0.2) is 45.1 Å². The van der Waals surface area contributed by atoms with E-state index in [1.54, 1.807) is 14.2 Å². The van der Waals surface area contributed by atoms with Gasteiger partial charge in [0.1, 0.15) is 6.10 Å². The maximum absolute atomic E-state index is 10.6. The van der Waals surface area contributed by atoms with Crippen molar-refractivity contribution in [2.24, 2.45) is 0 Å². The van der Waals surface area contributed by atoms with Crippen molar-refractivity contribution in [1.82, 2.24) is 0 Å². The molecule has 1 fully saturated rings. The first kappa shape index (κ1) is 18.8. The van der Waals surface area contributed by atoms with Gasteiger partial charge < -0.3 is 23.7 Å². The van der Waals surface area contributed by atoms with E-state index in [4.69, 9.17) is 18.9 Å². The quantitative estimate of drug-likeness (QED) is 0.597. The number of aldehydes is 1. The average molecular weight is 310 g/mol. The Morgan fingerprint density at radius 3 is 2.36 bits per heavy atom. The van der Waals surface area contributed by atoms with Crippen molar-refractivity contribution in [2.45, 2.75) is 44.9 Å².